The van der Waals surface area contributed by atoms with Crippen molar-refractivity contribution in [3.63, 3.8) is 0 Å². The number of nitrogens with zero attached hydrogens (tertiary/aromatic N) is 4. The number of methoxy groups -OCH3 is 4. The Morgan fingerprint density at radius 3 is 1.15 bits per heavy atom. The average molecular weight is 584 g/mol. The molecule has 2 aromatic carbocycles. The SMILES string of the molecule is COc1cc(-c2ccc(N(C)CCN(C)c3ccc(-c4cc(OC)c(Cl)c(OC)c4)nc3)cn2)cc(OC)c1Cl. The van der Waals surface area contributed by atoms with Crippen LogP contribution in [0.2, 0.25) is 10.0 Å². The summed E-state index contributed by atoms with van der Waals surface area (Å²) in [6.45, 7) is 1.57. The zero-order valence-electron chi connectivity index (χ0n) is 23.4. The average Bonchev–Trinajstić information content (AvgIpc) is 3.00. The van der Waals surface area contributed by atoms with Crippen molar-refractivity contribution >= 4 is 34.6 Å². The van der Waals surface area contributed by atoms with Gasteiger partial charge in [0.15, 0.2) is 0 Å². The molecule has 2 aromatic heterocycles. The van der Waals surface area contributed by atoms with Gasteiger partial charge in [0, 0.05) is 38.3 Å². The molecular formula is C30H32Cl2N4O4. The van der Waals surface area contributed by atoms with Gasteiger partial charge in [-0.3, -0.25) is 9.97 Å². The fourth-order valence-corrected chi connectivity index (χ4v) is 4.68. The summed E-state index contributed by atoms with van der Waals surface area (Å²) < 4.78 is 21.5. The molecule has 0 amide bonds. The van der Waals surface area contributed by atoms with Crippen molar-refractivity contribution < 1.29 is 18.9 Å². The molecule has 0 aliphatic heterocycles. The summed E-state index contributed by atoms with van der Waals surface area (Å²) in [5.41, 5.74) is 5.32. The number of likely N-dealkylation sites (N-methyl/N-ethyl adjacent to an activating group) is 2. The third kappa shape index (κ3) is 6.29. The second kappa shape index (κ2) is 13.0. The Bertz CT molecular complexity index is 1290. The Balaban J connectivity index is 1.40. The van der Waals surface area contributed by atoms with Gasteiger partial charge in [-0.25, -0.2) is 0 Å². The number of benzene rings is 2. The highest BCUT2D eigenvalue weighted by Gasteiger charge is 2.14. The van der Waals surface area contributed by atoms with Crippen LogP contribution >= 0.6 is 23.2 Å². The van der Waals surface area contributed by atoms with Crippen molar-refractivity contribution in [3.8, 4) is 45.5 Å². The molecule has 0 radical (unpaired) electrons. The van der Waals surface area contributed by atoms with Crippen molar-refractivity contribution in [1.29, 1.82) is 0 Å². The molecule has 0 N–H and O–H groups in total. The van der Waals surface area contributed by atoms with Gasteiger partial charge in [0.1, 0.15) is 33.0 Å². The molecule has 4 rings (SSSR count). The number of hydrogen-bond donors (Lipinski definition) is 0. The smallest absolute Gasteiger partial charge is 0.141 e. The third-order valence-corrected chi connectivity index (χ3v) is 7.38. The Hall–Kier alpha value is -3.88. The third-order valence-electron chi connectivity index (χ3n) is 6.63. The van der Waals surface area contributed by atoms with E-state index in [1.165, 1.54) is 0 Å². The predicted molar refractivity (Wildman–Crippen MR) is 162 cm³/mol. The Morgan fingerprint density at radius 2 is 0.900 bits per heavy atom. The van der Waals surface area contributed by atoms with Crippen LogP contribution < -0.4 is 28.7 Å². The first-order valence-corrected chi connectivity index (χ1v) is 13.2. The van der Waals surface area contributed by atoms with Crippen molar-refractivity contribution in [1.82, 2.24) is 9.97 Å². The number of anilines is 2. The second-order valence-electron chi connectivity index (χ2n) is 9.04. The van der Waals surface area contributed by atoms with E-state index in [1.54, 1.807) is 28.4 Å². The number of hydrogen-bond acceptors (Lipinski definition) is 8. The summed E-state index contributed by atoms with van der Waals surface area (Å²) >= 11 is 12.6. The fourth-order valence-electron chi connectivity index (χ4n) is 4.16. The number of ether oxygens (including phenoxy) is 4. The lowest BCUT2D eigenvalue weighted by molar-refractivity contribution is 0.395. The lowest BCUT2D eigenvalue weighted by Crippen LogP contribution is -2.30. The topological polar surface area (TPSA) is 69.2 Å². The predicted octanol–water partition coefficient (Wildman–Crippen LogP) is 6.72. The van der Waals surface area contributed by atoms with Gasteiger partial charge in [-0.2, -0.15) is 0 Å². The number of halogens is 2. The first-order valence-electron chi connectivity index (χ1n) is 12.5. The molecule has 0 fully saturated rings. The summed E-state index contributed by atoms with van der Waals surface area (Å²) in [5, 5.41) is 0.869. The highest BCUT2D eigenvalue weighted by molar-refractivity contribution is 6.34. The molecule has 4 aromatic rings. The summed E-state index contributed by atoms with van der Waals surface area (Å²) in [4.78, 5) is 13.6. The van der Waals surface area contributed by atoms with Crippen LogP contribution in [-0.4, -0.2) is 65.6 Å². The van der Waals surface area contributed by atoms with Crippen LogP contribution in [-0.2, 0) is 0 Å². The van der Waals surface area contributed by atoms with Crippen molar-refractivity contribution in [2.45, 2.75) is 0 Å². The molecule has 0 aliphatic rings. The van der Waals surface area contributed by atoms with E-state index < -0.39 is 0 Å². The van der Waals surface area contributed by atoms with Gasteiger partial charge in [-0.1, -0.05) is 23.2 Å². The molecule has 2 heterocycles. The van der Waals surface area contributed by atoms with Crippen molar-refractivity contribution in [2.75, 3.05) is 65.4 Å². The summed E-state index contributed by atoms with van der Waals surface area (Å²) in [5.74, 6) is 2.16. The van der Waals surface area contributed by atoms with Gasteiger partial charge in [0.25, 0.3) is 0 Å². The van der Waals surface area contributed by atoms with E-state index >= 15 is 0 Å². The van der Waals surface area contributed by atoms with Crippen LogP contribution in [0.15, 0.2) is 60.9 Å². The Kier molecular flexibility index (Phi) is 9.45. The zero-order valence-corrected chi connectivity index (χ0v) is 24.9. The van der Waals surface area contributed by atoms with Gasteiger partial charge in [0.2, 0.25) is 0 Å². The summed E-state index contributed by atoms with van der Waals surface area (Å²) in [6.07, 6.45) is 3.71. The Morgan fingerprint density at radius 1 is 0.575 bits per heavy atom. The minimum Gasteiger partial charge on any atom is -0.495 e. The molecule has 0 aliphatic carbocycles. The van der Waals surface area contributed by atoms with Crippen LogP contribution in [0, 0.1) is 0 Å². The highest BCUT2D eigenvalue weighted by atomic mass is 35.5. The molecule has 210 valence electrons. The molecule has 0 unspecified atom stereocenters. The van der Waals surface area contributed by atoms with E-state index in [0.717, 1.165) is 47.0 Å². The number of pyridine rings is 2. The first-order chi connectivity index (χ1) is 19.3. The van der Waals surface area contributed by atoms with Gasteiger partial charge in [-0.15, -0.1) is 0 Å². The normalized spacial score (nSPS) is 10.7. The summed E-state index contributed by atoms with van der Waals surface area (Å²) in [6, 6.07) is 15.4. The molecule has 0 saturated heterocycles. The molecule has 0 saturated carbocycles. The molecular weight excluding hydrogens is 551 g/mol. The first kappa shape index (κ1) is 29.1. The minimum absolute atomic E-state index is 0.435. The van der Waals surface area contributed by atoms with Crippen LogP contribution in [0.1, 0.15) is 0 Å². The maximum absolute atomic E-state index is 6.30. The van der Waals surface area contributed by atoms with Crippen LogP contribution in [0.3, 0.4) is 0 Å². The van der Waals surface area contributed by atoms with E-state index in [9.17, 15) is 0 Å². The molecule has 0 bridgehead atoms. The van der Waals surface area contributed by atoms with E-state index in [-0.39, 0.29) is 0 Å². The van der Waals surface area contributed by atoms with Gasteiger partial charge >= 0.3 is 0 Å². The van der Waals surface area contributed by atoms with Crippen molar-refractivity contribution in [2.24, 2.45) is 0 Å². The van der Waals surface area contributed by atoms with E-state index in [0.29, 0.717) is 33.0 Å². The second-order valence-corrected chi connectivity index (χ2v) is 9.79. The summed E-state index contributed by atoms with van der Waals surface area (Å²) in [7, 11) is 10.4. The lowest BCUT2D eigenvalue weighted by atomic mass is 10.1. The van der Waals surface area contributed by atoms with Crippen LogP contribution in [0.4, 0.5) is 11.4 Å². The highest BCUT2D eigenvalue weighted by Crippen LogP contribution is 2.39. The van der Waals surface area contributed by atoms with Gasteiger partial charge in [-0.05, 0) is 48.5 Å². The molecule has 0 spiro atoms. The molecule has 10 heteroatoms. The zero-order chi connectivity index (χ0) is 28.8. The quantitative estimate of drug-likeness (QED) is 0.193. The van der Waals surface area contributed by atoms with Crippen LogP contribution in [0.25, 0.3) is 22.5 Å². The lowest BCUT2D eigenvalue weighted by Gasteiger charge is -2.25. The van der Waals surface area contributed by atoms with Crippen LogP contribution in [0.5, 0.6) is 23.0 Å². The monoisotopic (exact) mass is 582 g/mol. The standard InChI is InChI=1S/C30H32Cl2N4O4/c1-35(21-7-9-23(33-17-21)19-13-25(37-3)29(31)26(14-19)38-4)11-12-36(2)22-8-10-24(34-18-22)20-15-27(39-5)30(32)28(16-20)40-6/h7-10,13-18H,11-12H2,1-6H3. The maximum Gasteiger partial charge on any atom is 0.141 e. The molecule has 8 nitrogen and oxygen atoms in total. The molecule has 0 atom stereocenters. The van der Waals surface area contributed by atoms with Gasteiger partial charge in [0.05, 0.1) is 63.6 Å². The van der Waals surface area contributed by atoms with E-state index in [4.69, 9.17) is 42.1 Å². The van der Waals surface area contributed by atoms with E-state index in [2.05, 4.69) is 19.8 Å². The molecule has 40 heavy (non-hydrogen) atoms. The fraction of sp³-hybridized carbons (Fsp3) is 0.267. The van der Waals surface area contributed by atoms with Crippen molar-refractivity contribution in [3.05, 3.63) is 71.0 Å². The minimum atomic E-state index is 0.435. The van der Waals surface area contributed by atoms with Gasteiger partial charge < -0.3 is 28.7 Å². The van der Waals surface area contributed by atoms with E-state index in [1.807, 2.05) is 75.0 Å². The maximum atomic E-state index is 6.30. The largest absolute Gasteiger partial charge is 0.495 e. The Labute approximate surface area is 245 Å². The number of rotatable bonds is 11. The number of aromatic nitrogens is 2.